The number of anilines is 1. The van der Waals surface area contributed by atoms with Gasteiger partial charge in [0.05, 0.1) is 5.56 Å². The Labute approximate surface area is 119 Å². The number of nitrogens with one attached hydrogen (secondary N) is 1. The van der Waals surface area contributed by atoms with Crippen LogP contribution in [0.15, 0.2) is 36.9 Å². The summed E-state index contributed by atoms with van der Waals surface area (Å²) in [6, 6.07) is 6.32. The van der Waals surface area contributed by atoms with Crippen LogP contribution < -0.4 is 5.32 Å². The van der Waals surface area contributed by atoms with Gasteiger partial charge < -0.3 is 5.32 Å². The number of halogens is 1. The molecule has 0 saturated carbocycles. The van der Waals surface area contributed by atoms with Gasteiger partial charge in [-0.05, 0) is 19.1 Å². The molecule has 0 bridgehead atoms. The fourth-order valence-corrected chi connectivity index (χ4v) is 1.78. The molecule has 106 valence electrons. The molecule has 0 atom stereocenters. The first-order valence-electron chi connectivity index (χ1n) is 6.38. The number of aromatic nitrogens is 6. The quantitative estimate of drug-likeness (QED) is 0.785. The minimum absolute atomic E-state index is 0.240. The molecule has 1 N–H and O–H groups in total. The Morgan fingerprint density at radius 3 is 2.76 bits per heavy atom. The number of benzene rings is 1. The second-order valence-electron chi connectivity index (χ2n) is 4.13. The summed E-state index contributed by atoms with van der Waals surface area (Å²) >= 11 is 0. The number of hydrogen-bond donors (Lipinski definition) is 1. The van der Waals surface area contributed by atoms with Crippen LogP contribution in [0, 0.1) is 5.82 Å². The van der Waals surface area contributed by atoms with E-state index in [1.54, 1.807) is 18.2 Å². The van der Waals surface area contributed by atoms with Gasteiger partial charge in [-0.2, -0.15) is 24.7 Å². The van der Waals surface area contributed by atoms with E-state index in [-0.39, 0.29) is 11.8 Å². The molecule has 0 saturated heterocycles. The van der Waals surface area contributed by atoms with Crippen LogP contribution in [0.3, 0.4) is 0 Å². The van der Waals surface area contributed by atoms with Crippen molar-refractivity contribution in [2.75, 3.05) is 11.9 Å². The van der Waals surface area contributed by atoms with Crippen LogP contribution in [-0.2, 0) is 0 Å². The van der Waals surface area contributed by atoms with E-state index in [4.69, 9.17) is 0 Å². The maximum absolute atomic E-state index is 13.9. The number of nitrogens with zero attached hydrogens (tertiary/aromatic N) is 6. The summed E-state index contributed by atoms with van der Waals surface area (Å²) in [4.78, 5) is 16.6. The monoisotopic (exact) mass is 285 g/mol. The number of rotatable bonds is 4. The molecule has 0 radical (unpaired) electrons. The first kappa shape index (κ1) is 13.1. The lowest BCUT2D eigenvalue weighted by atomic mass is 10.2. The van der Waals surface area contributed by atoms with Gasteiger partial charge in [0.2, 0.25) is 5.95 Å². The highest BCUT2D eigenvalue weighted by Gasteiger charge is 2.13. The van der Waals surface area contributed by atoms with Crippen molar-refractivity contribution in [1.29, 1.82) is 0 Å². The van der Waals surface area contributed by atoms with E-state index < -0.39 is 5.82 Å². The molecule has 0 aliphatic heterocycles. The Hall–Kier alpha value is -2.90. The van der Waals surface area contributed by atoms with Gasteiger partial charge in [0.25, 0.3) is 5.95 Å². The maximum atomic E-state index is 13.9. The van der Waals surface area contributed by atoms with E-state index in [0.717, 1.165) is 0 Å². The van der Waals surface area contributed by atoms with Crippen molar-refractivity contribution >= 4 is 5.95 Å². The predicted octanol–water partition coefficient (Wildman–Crippen LogP) is 1.69. The van der Waals surface area contributed by atoms with Crippen molar-refractivity contribution in [3.8, 4) is 17.3 Å². The third-order valence-corrected chi connectivity index (χ3v) is 2.70. The highest BCUT2D eigenvalue weighted by molar-refractivity contribution is 5.57. The van der Waals surface area contributed by atoms with Crippen molar-refractivity contribution in [2.24, 2.45) is 0 Å². The average molecular weight is 285 g/mol. The zero-order chi connectivity index (χ0) is 14.7. The first-order valence-corrected chi connectivity index (χ1v) is 6.38. The summed E-state index contributed by atoms with van der Waals surface area (Å²) in [5, 5.41) is 6.97. The highest BCUT2D eigenvalue weighted by Crippen LogP contribution is 2.20. The topological polar surface area (TPSA) is 81.4 Å². The SMILES string of the molecule is CCNc1nc(-c2ccccc2F)nc(-n2cncn2)n1. The predicted molar refractivity (Wildman–Crippen MR) is 74.3 cm³/mol. The molecule has 0 aliphatic rings. The molecule has 0 fully saturated rings. The molecule has 0 spiro atoms. The second-order valence-corrected chi connectivity index (χ2v) is 4.13. The van der Waals surface area contributed by atoms with Gasteiger partial charge in [-0.25, -0.2) is 9.37 Å². The molecule has 7 nitrogen and oxygen atoms in total. The van der Waals surface area contributed by atoms with E-state index in [2.05, 4.69) is 30.4 Å². The molecular formula is C13H12FN7. The normalized spacial score (nSPS) is 10.6. The molecule has 0 unspecified atom stereocenters. The molecule has 3 aromatic rings. The van der Waals surface area contributed by atoms with Gasteiger partial charge >= 0.3 is 0 Å². The van der Waals surface area contributed by atoms with Crippen molar-refractivity contribution < 1.29 is 4.39 Å². The smallest absolute Gasteiger partial charge is 0.257 e. The summed E-state index contributed by atoms with van der Waals surface area (Å²) in [6.07, 6.45) is 2.84. The van der Waals surface area contributed by atoms with Crippen LogP contribution in [0.2, 0.25) is 0 Å². The molecule has 0 aliphatic carbocycles. The van der Waals surface area contributed by atoms with Gasteiger partial charge in [-0.15, -0.1) is 0 Å². The van der Waals surface area contributed by atoms with Crippen LogP contribution in [0.5, 0.6) is 0 Å². The van der Waals surface area contributed by atoms with Crippen LogP contribution in [0.4, 0.5) is 10.3 Å². The van der Waals surface area contributed by atoms with Gasteiger partial charge in [0.15, 0.2) is 5.82 Å². The molecule has 2 heterocycles. The Kier molecular flexibility index (Phi) is 3.50. The van der Waals surface area contributed by atoms with E-state index in [9.17, 15) is 4.39 Å². The van der Waals surface area contributed by atoms with Crippen LogP contribution in [0.1, 0.15) is 6.92 Å². The summed E-state index contributed by atoms with van der Waals surface area (Å²) in [5.41, 5.74) is 0.306. The molecule has 3 rings (SSSR count). The highest BCUT2D eigenvalue weighted by atomic mass is 19.1. The molecule has 8 heteroatoms. The minimum atomic E-state index is -0.393. The number of hydrogen-bond acceptors (Lipinski definition) is 6. The molecule has 0 amide bonds. The summed E-state index contributed by atoms with van der Waals surface area (Å²) in [5.74, 6) is 0.480. The zero-order valence-electron chi connectivity index (χ0n) is 11.2. The summed E-state index contributed by atoms with van der Waals surface area (Å²) in [6.45, 7) is 2.55. The lowest BCUT2D eigenvalue weighted by molar-refractivity contribution is 0.629. The van der Waals surface area contributed by atoms with Crippen LogP contribution in [0.25, 0.3) is 17.3 Å². The average Bonchev–Trinajstić information content (AvgIpc) is 3.02. The van der Waals surface area contributed by atoms with Crippen molar-refractivity contribution in [3.05, 3.63) is 42.7 Å². The van der Waals surface area contributed by atoms with Gasteiger partial charge in [0, 0.05) is 6.54 Å². The molecule has 1 aromatic carbocycles. The van der Waals surface area contributed by atoms with Crippen molar-refractivity contribution in [2.45, 2.75) is 6.92 Å². The Morgan fingerprint density at radius 1 is 1.19 bits per heavy atom. The maximum Gasteiger partial charge on any atom is 0.257 e. The third-order valence-electron chi connectivity index (χ3n) is 2.70. The summed E-state index contributed by atoms with van der Waals surface area (Å²) < 4.78 is 15.3. The molecule has 21 heavy (non-hydrogen) atoms. The lowest BCUT2D eigenvalue weighted by Crippen LogP contribution is -2.10. The standard InChI is InChI=1S/C13H12FN7/c1-2-16-12-18-11(9-5-3-4-6-10(9)14)19-13(20-12)21-8-15-7-17-21/h3-8H,2H2,1H3,(H,16,18,19,20). The van der Waals surface area contributed by atoms with E-state index >= 15 is 0 Å². The third kappa shape index (κ3) is 2.69. The van der Waals surface area contributed by atoms with Gasteiger partial charge in [0.1, 0.15) is 18.5 Å². The molecule has 2 aromatic heterocycles. The largest absolute Gasteiger partial charge is 0.354 e. The van der Waals surface area contributed by atoms with E-state index in [1.165, 1.54) is 23.4 Å². The van der Waals surface area contributed by atoms with Crippen molar-refractivity contribution in [3.63, 3.8) is 0 Å². The molecular weight excluding hydrogens is 273 g/mol. The fourth-order valence-electron chi connectivity index (χ4n) is 1.78. The Morgan fingerprint density at radius 2 is 2.05 bits per heavy atom. The van der Waals surface area contributed by atoms with Crippen molar-refractivity contribution in [1.82, 2.24) is 29.7 Å². The van der Waals surface area contributed by atoms with Crippen LogP contribution in [-0.4, -0.2) is 36.3 Å². The summed E-state index contributed by atoms with van der Waals surface area (Å²) in [7, 11) is 0. The minimum Gasteiger partial charge on any atom is -0.354 e. The van der Waals surface area contributed by atoms with E-state index in [0.29, 0.717) is 18.1 Å². The first-order chi connectivity index (χ1) is 10.3. The van der Waals surface area contributed by atoms with E-state index in [1.807, 2.05) is 6.92 Å². The Bertz CT molecular complexity index is 742. The zero-order valence-corrected chi connectivity index (χ0v) is 11.2. The Balaban J connectivity index is 2.14. The second kappa shape index (κ2) is 5.61. The van der Waals surface area contributed by atoms with Crippen LogP contribution >= 0.6 is 0 Å². The fraction of sp³-hybridized carbons (Fsp3) is 0.154. The van der Waals surface area contributed by atoms with Gasteiger partial charge in [-0.1, -0.05) is 12.1 Å². The lowest BCUT2D eigenvalue weighted by Gasteiger charge is -2.08. The van der Waals surface area contributed by atoms with Gasteiger partial charge in [-0.3, -0.25) is 0 Å².